The molecule has 2 heterocycles. The Balaban J connectivity index is 1.42. The monoisotopic (exact) mass is 368 g/mol. The molecule has 27 heavy (non-hydrogen) atoms. The van der Waals surface area contributed by atoms with Crippen LogP contribution < -0.4 is 20.3 Å². The number of nitrogens with zero attached hydrogens (tertiary/aromatic N) is 2. The van der Waals surface area contributed by atoms with E-state index in [1.54, 1.807) is 37.6 Å². The minimum Gasteiger partial charge on any atom is -0.497 e. The number of hydrogen-bond acceptors (Lipinski definition) is 5. The number of ether oxygens (including phenoxy) is 1. The minimum atomic E-state index is -0.670. The zero-order chi connectivity index (χ0) is 19.1. The number of pyridine rings is 1. The molecule has 1 saturated heterocycles. The molecule has 0 atom stereocenters. The maximum atomic E-state index is 12.1. The maximum Gasteiger partial charge on any atom is 0.313 e. The predicted octanol–water partition coefficient (Wildman–Crippen LogP) is 2.06. The molecule has 3 rings (SSSR count). The number of aromatic nitrogens is 1. The lowest BCUT2D eigenvalue weighted by Gasteiger charge is -2.33. The first-order chi connectivity index (χ1) is 13.2. The highest BCUT2D eigenvalue weighted by molar-refractivity contribution is 6.39. The van der Waals surface area contributed by atoms with Crippen LogP contribution in [0.5, 0.6) is 5.75 Å². The first kappa shape index (κ1) is 18.7. The van der Waals surface area contributed by atoms with Crippen molar-refractivity contribution >= 4 is 23.2 Å². The third kappa shape index (κ3) is 5.20. The molecule has 7 nitrogen and oxygen atoms in total. The van der Waals surface area contributed by atoms with Crippen molar-refractivity contribution in [2.45, 2.75) is 12.8 Å². The van der Waals surface area contributed by atoms with E-state index in [9.17, 15) is 9.59 Å². The first-order valence-corrected chi connectivity index (χ1v) is 9.04. The van der Waals surface area contributed by atoms with E-state index in [4.69, 9.17) is 4.74 Å². The summed E-state index contributed by atoms with van der Waals surface area (Å²) in [6.07, 6.45) is 5.56. The second-order valence-corrected chi connectivity index (χ2v) is 6.54. The van der Waals surface area contributed by atoms with Crippen molar-refractivity contribution in [1.82, 2.24) is 10.3 Å². The lowest BCUT2D eigenvalue weighted by molar-refractivity contribution is -0.136. The molecule has 7 heteroatoms. The number of benzene rings is 1. The van der Waals surface area contributed by atoms with Crippen molar-refractivity contribution < 1.29 is 14.3 Å². The summed E-state index contributed by atoms with van der Waals surface area (Å²) in [5, 5.41) is 5.33. The van der Waals surface area contributed by atoms with Crippen LogP contribution in [0, 0.1) is 5.92 Å². The van der Waals surface area contributed by atoms with Crippen molar-refractivity contribution in [2.24, 2.45) is 5.92 Å². The molecule has 0 aliphatic carbocycles. The third-order valence-corrected chi connectivity index (χ3v) is 4.71. The lowest BCUT2D eigenvalue weighted by atomic mass is 9.96. The van der Waals surface area contributed by atoms with E-state index in [1.807, 2.05) is 12.3 Å². The molecule has 0 bridgehead atoms. The Hall–Kier alpha value is -3.09. The summed E-state index contributed by atoms with van der Waals surface area (Å²) in [4.78, 5) is 30.5. The second-order valence-electron chi connectivity index (χ2n) is 6.54. The van der Waals surface area contributed by atoms with Gasteiger partial charge in [0, 0.05) is 37.6 Å². The van der Waals surface area contributed by atoms with Crippen LogP contribution in [0.1, 0.15) is 12.8 Å². The zero-order valence-electron chi connectivity index (χ0n) is 15.4. The van der Waals surface area contributed by atoms with Crippen LogP contribution in [0.3, 0.4) is 0 Å². The van der Waals surface area contributed by atoms with Gasteiger partial charge in [0.15, 0.2) is 0 Å². The summed E-state index contributed by atoms with van der Waals surface area (Å²) in [6, 6.07) is 10.9. The fourth-order valence-corrected chi connectivity index (χ4v) is 3.14. The van der Waals surface area contributed by atoms with Gasteiger partial charge in [0.25, 0.3) is 0 Å². The SMILES string of the molecule is COc1cccc(NC(=O)C(=O)NCC2CCN(c3cccnc3)CC2)c1. The number of hydrogen-bond donors (Lipinski definition) is 2. The summed E-state index contributed by atoms with van der Waals surface area (Å²) in [5.41, 5.74) is 1.65. The van der Waals surface area contributed by atoms with Crippen LogP contribution in [-0.4, -0.2) is 43.5 Å². The van der Waals surface area contributed by atoms with Gasteiger partial charge in [-0.2, -0.15) is 0 Å². The molecule has 142 valence electrons. The van der Waals surface area contributed by atoms with Crippen LogP contribution in [-0.2, 0) is 9.59 Å². The molecule has 1 aliphatic heterocycles. The van der Waals surface area contributed by atoms with Gasteiger partial charge >= 0.3 is 11.8 Å². The third-order valence-electron chi connectivity index (χ3n) is 4.71. The lowest BCUT2D eigenvalue weighted by Crippen LogP contribution is -2.41. The fraction of sp³-hybridized carbons (Fsp3) is 0.350. The average molecular weight is 368 g/mol. The molecule has 2 N–H and O–H groups in total. The summed E-state index contributed by atoms with van der Waals surface area (Å²) >= 11 is 0. The van der Waals surface area contributed by atoms with Crippen molar-refractivity contribution in [2.75, 3.05) is 37.0 Å². The Morgan fingerprint density at radius 1 is 1.19 bits per heavy atom. The van der Waals surface area contributed by atoms with Crippen LogP contribution in [0.15, 0.2) is 48.8 Å². The number of carbonyl (C=O) groups is 2. The van der Waals surface area contributed by atoms with Gasteiger partial charge in [-0.1, -0.05) is 6.07 Å². The smallest absolute Gasteiger partial charge is 0.313 e. The number of rotatable bonds is 5. The van der Waals surface area contributed by atoms with Crippen molar-refractivity contribution in [3.8, 4) is 5.75 Å². The van der Waals surface area contributed by atoms with Crippen LogP contribution in [0.4, 0.5) is 11.4 Å². The Bertz CT molecular complexity index is 774. The van der Waals surface area contributed by atoms with Crippen molar-refractivity contribution in [3.05, 3.63) is 48.8 Å². The average Bonchev–Trinajstić information content (AvgIpc) is 2.73. The Kier molecular flexibility index (Phi) is 6.25. The maximum absolute atomic E-state index is 12.1. The fourth-order valence-electron chi connectivity index (χ4n) is 3.14. The zero-order valence-corrected chi connectivity index (χ0v) is 15.4. The Labute approximate surface area is 158 Å². The molecule has 1 aliphatic rings. The molecule has 0 saturated carbocycles. The molecular formula is C20H24N4O3. The van der Waals surface area contributed by atoms with Crippen molar-refractivity contribution in [1.29, 1.82) is 0 Å². The number of amides is 2. The van der Waals surface area contributed by atoms with Gasteiger partial charge in [-0.05, 0) is 43.0 Å². The Morgan fingerprint density at radius 2 is 2.00 bits per heavy atom. The van der Waals surface area contributed by atoms with Crippen LogP contribution in [0.25, 0.3) is 0 Å². The predicted molar refractivity (Wildman–Crippen MR) is 104 cm³/mol. The van der Waals surface area contributed by atoms with Gasteiger partial charge in [0.2, 0.25) is 0 Å². The molecule has 0 radical (unpaired) electrons. The standard InChI is InChI=1S/C20H24N4O3/c1-27-18-6-2-4-16(12-18)23-20(26)19(25)22-13-15-7-10-24(11-8-15)17-5-3-9-21-14-17/h2-6,9,12,14-15H,7-8,10-11,13H2,1H3,(H,22,25)(H,23,26). The van der Waals surface area contributed by atoms with E-state index >= 15 is 0 Å². The highest BCUT2D eigenvalue weighted by Crippen LogP contribution is 2.22. The van der Waals surface area contributed by atoms with Gasteiger partial charge in [0.1, 0.15) is 5.75 Å². The molecule has 2 amide bonds. The van der Waals surface area contributed by atoms with E-state index in [0.29, 0.717) is 23.9 Å². The van der Waals surface area contributed by atoms with E-state index in [-0.39, 0.29) is 0 Å². The van der Waals surface area contributed by atoms with Gasteiger partial charge in [0.05, 0.1) is 19.0 Å². The van der Waals surface area contributed by atoms with Crippen LogP contribution in [0.2, 0.25) is 0 Å². The molecule has 1 aromatic heterocycles. The first-order valence-electron chi connectivity index (χ1n) is 9.04. The largest absolute Gasteiger partial charge is 0.497 e. The van der Waals surface area contributed by atoms with Gasteiger partial charge in [-0.3, -0.25) is 14.6 Å². The van der Waals surface area contributed by atoms with Gasteiger partial charge in [-0.15, -0.1) is 0 Å². The molecule has 0 unspecified atom stereocenters. The van der Waals surface area contributed by atoms with Gasteiger partial charge in [-0.25, -0.2) is 0 Å². The van der Waals surface area contributed by atoms with Gasteiger partial charge < -0.3 is 20.3 Å². The molecule has 2 aromatic rings. The summed E-state index contributed by atoms with van der Waals surface area (Å²) in [7, 11) is 1.55. The number of piperidine rings is 1. The van der Waals surface area contributed by atoms with E-state index < -0.39 is 11.8 Å². The number of anilines is 2. The quantitative estimate of drug-likeness (QED) is 0.790. The normalized spacial score (nSPS) is 14.5. The second kappa shape index (κ2) is 9.02. The van der Waals surface area contributed by atoms with E-state index in [1.165, 1.54) is 0 Å². The van der Waals surface area contributed by atoms with E-state index in [2.05, 4.69) is 26.6 Å². The highest BCUT2D eigenvalue weighted by atomic mass is 16.5. The van der Waals surface area contributed by atoms with E-state index in [0.717, 1.165) is 31.6 Å². The summed E-state index contributed by atoms with van der Waals surface area (Å²) in [6.45, 7) is 2.34. The molecule has 1 fully saturated rings. The molecule has 1 aromatic carbocycles. The topological polar surface area (TPSA) is 83.6 Å². The Morgan fingerprint density at radius 3 is 2.70 bits per heavy atom. The number of nitrogens with one attached hydrogen (secondary N) is 2. The summed E-state index contributed by atoms with van der Waals surface area (Å²) in [5.74, 6) is -0.302. The highest BCUT2D eigenvalue weighted by Gasteiger charge is 2.21. The number of methoxy groups -OCH3 is 1. The molecule has 0 spiro atoms. The van der Waals surface area contributed by atoms with Crippen molar-refractivity contribution in [3.63, 3.8) is 0 Å². The molecular weight excluding hydrogens is 344 g/mol. The number of carbonyl (C=O) groups excluding carboxylic acids is 2. The minimum absolute atomic E-state index is 0.367. The van der Waals surface area contributed by atoms with Crippen LogP contribution >= 0.6 is 0 Å². The summed E-state index contributed by atoms with van der Waals surface area (Å²) < 4.78 is 5.10.